The molecule has 0 amide bonds. The van der Waals surface area contributed by atoms with Crippen molar-refractivity contribution in [1.82, 2.24) is 5.32 Å². The maximum Gasteiger partial charge on any atom is 0.324 e. The van der Waals surface area contributed by atoms with E-state index in [-0.39, 0.29) is 18.8 Å². The summed E-state index contributed by atoms with van der Waals surface area (Å²) in [5.41, 5.74) is 0.463. The van der Waals surface area contributed by atoms with Crippen LogP contribution in [0.4, 0.5) is 0 Å². The quantitative estimate of drug-likeness (QED) is 0.717. The van der Waals surface area contributed by atoms with Crippen LogP contribution in [0.5, 0.6) is 11.5 Å². The first-order valence-electron chi connectivity index (χ1n) is 5.63. The molecule has 2 fully saturated rings. The number of carbonyl (C=O) groups excluding carboxylic acids is 1. The van der Waals surface area contributed by atoms with Crippen molar-refractivity contribution in [3.63, 3.8) is 0 Å². The van der Waals surface area contributed by atoms with Gasteiger partial charge in [0.05, 0.1) is 0 Å². The second-order valence-corrected chi connectivity index (χ2v) is 4.62. The van der Waals surface area contributed by atoms with Crippen LogP contribution in [0, 0.1) is 0 Å². The first kappa shape index (κ1) is 9.30. The predicted octanol–water partition coefficient (Wildman–Crippen LogP) is 0.529. The van der Waals surface area contributed by atoms with Crippen LogP contribution in [-0.4, -0.2) is 25.3 Å². The van der Waals surface area contributed by atoms with Gasteiger partial charge in [0.25, 0.3) is 0 Å². The number of rotatable bonds is 1. The van der Waals surface area contributed by atoms with Crippen molar-refractivity contribution in [2.24, 2.45) is 0 Å². The normalized spacial score (nSPS) is 32.9. The highest BCUT2D eigenvalue weighted by atomic mass is 16.7. The molecule has 2 atom stereocenters. The van der Waals surface area contributed by atoms with Gasteiger partial charge in [0.15, 0.2) is 17.1 Å². The number of benzene rings is 1. The molecule has 3 heterocycles. The zero-order chi connectivity index (χ0) is 11.5. The Bertz CT molecular complexity index is 515. The van der Waals surface area contributed by atoms with Crippen LogP contribution in [0.25, 0.3) is 0 Å². The molecule has 0 saturated carbocycles. The fourth-order valence-electron chi connectivity index (χ4n) is 2.73. The molecule has 1 N–H and O–H groups in total. The van der Waals surface area contributed by atoms with Crippen LogP contribution in [0.3, 0.4) is 0 Å². The van der Waals surface area contributed by atoms with Crippen molar-refractivity contribution in [1.29, 1.82) is 0 Å². The number of carbonyl (C=O) groups is 1. The number of hydrogen-bond donors (Lipinski definition) is 1. The Morgan fingerprint density at radius 3 is 2.94 bits per heavy atom. The number of morpholine rings is 1. The molecule has 1 aromatic rings. The van der Waals surface area contributed by atoms with E-state index in [4.69, 9.17) is 14.2 Å². The zero-order valence-electron chi connectivity index (χ0n) is 9.06. The minimum absolute atomic E-state index is 0.152. The average Bonchev–Trinajstić information content (AvgIpc) is 3.01. The third-order valence-electron chi connectivity index (χ3n) is 3.65. The van der Waals surface area contributed by atoms with E-state index < -0.39 is 5.60 Å². The molecule has 2 saturated heterocycles. The van der Waals surface area contributed by atoms with E-state index in [0.717, 1.165) is 17.1 Å². The molecule has 5 heteroatoms. The predicted molar refractivity (Wildman–Crippen MR) is 56.7 cm³/mol. The van der Waals surface area contributed by atoms with Gasteiger partial charge in [0.1, 0.15) is 6.04 Å². The number of fused-ring (bicyclic) bond motifs is 3. The van der Waals surface area contributed by atoms with Crippen molar-refractivity contribution >= 4 is 5.97 Å². The van der Waals surface area contributed by atoms with Crippen LogP contribution in [-0.2, 0) is 15.1 Å². The van der Waals surface area contributed by atoms with Crippen molar-refractivity contribution < 1.29 is 19.0 Å². The van der Waals surface area contributed by atoms with Gasteiger partial charge in [-0.3, -0.25) is 10.1 Å². The molecule has 2 bridgehead atoms. The summed E-state index contributed by atoms with van der Waals surface area (Å²) in [6.45, 7) is 0.926. The molecule has 2 unspecified atom stereocenters. The van der Waals surface area contributed by atoms with Gasteiger partial charge in [0, 0.05) is 18.5 Å². The summed E-state index contributed by atoms with van der Waals surface area (Å²) in [5.74, 6) is 1.31. The summed E-state index contributed by atoms with van der Waals surface area (Å²) in [6.07, 6.45) is 0.700. The van der Waals surface area contributed by atoms with Crippen molar-refractivity contribution in [3.8, 4) is 11.5 Å². The molecule has 5 nitrogen and oxygen atoms in total. The highest BCUT2D eigenvalue weighted by molar-refractivity contribution is 5.80. The average molecular weight is 233 g/mol. The van der Waals surface area contributed by atoms with Gasteiger partial charge in [-0.15, -0.1) is 0 Å². The van der Waals surface area contributed by atoms with Gasteiger partial charge in [-0.05, 0) is 12.1 Å². The monoisotopic (exact) mass is 233 g/mol. The first-order valence-corrected chi connectivity index (χ1v) is 5.63. The minimum atomic E-state index is -0.511. The number of ether oxygens (including phenoxy) is 3. The van der Waals surface area contributed by atoms with E-state index in [1.165, 1.54) is 0 Å². The maximum absolute atomic E-state index is 11.5. The largest absolute Gasteiger partial charge is 0.454 e. The SMILES string of the molecule is O=C1OC2(c3ccc4c(c3)OCO4)CNC1C2. The van der Waals surface area contributed by atoms with E-state index in [2.05, 4.69) is 5.32 Å². The highest BCUT2D eigenvalue weighted by Crippen LogP contribution is 2.44. The Kier molecular flexibility index (Phi) is 1.60. The lowest BCUT2D eigenvalue weighted by Crippen LogP contribution is -2.40. The standard InChI is InChI=1S/C12H11NO4/c14-11-8-4-12(17-11,5-13-8)7-1-2-9-10(3-7)16-6-15-9/h1-3,8,13H,4-6H2. The molecule has 3 aliphatic rings. The molecule has 0 aromatic heterocycles. The molecule has 1 aromatic carbocycles. The number of hydrogen-bond acceptors (Lipinski definition) is 5. The van der Waals surface area contributed by atoms with E-state index in [1.54, 1.807) is 0 Å². The summed E-state index contributed by atoms with van der Waals surface area (Å²) in [7, 11) is 0. The Morgan fingerprint density at radius 2 is 2.18 bits per heavy atom. The van der Waals surface area contributed by atoms with E-state index in [0.29, 0.717) is 13.0 Å². The topological polar surface area (TPSA) is 56.8 Å². The van der Waals surface area contributed by atoms with Crippen LogP contribution < -0.4 is 14.8 Å². The molecular weight excluding hydrogens is 222 g/mol. The second kappa shape index (κ2) is 2.92. The molecule has 0 aliphatic carbocycles. The summed E-state index contributed by atoms with van der Waals surface area (Å²) < 4.78 is 16.1. The smallest absolute Gasteiger partial charge is 0.324 e. The molecule has 88 valence electrons. The van der Waals surface area contributed by atoms with Crippen molar-refractivity contribution in [2.45, 2.75) is 18.1 Å². The first-order chi connectivity index (χ1) is 8.27. The van der Waals surface area contributed by atoms with Gasteiger partial charge >= 0.3 is 5.97 Å². The minimum Gasteiger partial charge on any atom is -0.454 e. The lowest BCUT2D eigenvalue weighted by molar-refractivity contribution is -0.153. The van der Waals surface area contributed by atoms with Crippen molar-refractivity contribution in [3.05, 3.63) is 23.8 Å². The highest BCUT2D eigenvalue weighted by Gasteiger charge is 2.53. The Morgan fingerprint density at radius 1 is 1.29 bits per heavy atom. The summed E-state index contributed by atoms with van der Waals surface area (Å²) in [5, 5.41) is 3.17. The fraction of sp³-hybridized carbons (Fsp3) is 0.417. The molecule has 3 aliphatic heterocycles. The number of esters is 1. The summed E-state index contributed by atoms with van der Waals surface area (Å²) in [4.78, 5) is 11.5. The van der Waals surface area contributed by atoms with Gasteiger partial charge in [0.2, 0.25) is 6.79 Å². The molecule has 4 rings (SSSR count). The summed E-state index contributed by atoms with van der Waals surface area (Å²) >= 11 is 0. The molecule has 17 heavy (non-hydrogen) atoms. The van der Waals surface area contributed by atoms with Gasteiger partial charge in [-0.2, -0.15) is 0 Å². The van der Waals surface area contributed by atoms with E-state index in [1.807, 2.05) is 18.2 Å². The van der Waals surface area contributed by atoms with E-state index in [9.17, 15) is 4.79 Å². The van der Waals surface area contributed by atoms with Crippen LogP contribution >= 0.6 is 0 Å². The van der Waals surface area contributed by atoms with Crippen LogP contribution in [0.15, 0.2) is 18.2 Å². The molecule has 0 spiro atoms. The lowest BCUT2D eigenvalue weighted by atomic mass is 9.92. The zero-order valence-corrected chi connectivity index (χ0v) is 9.06. The maximum atomic E-state index is 11.5. The Hall–Kier alpha value is -1.75. The van der Waals surface area contributed by atoms with Crippen LogP contribution in [0.1, 0.15) is 12.0 Å². The second-order valence-electron chi connectivity index (χ2n) is 4.62. The Balaban J connectivity index is 1.78. The van der Waals surface area contributed by atoms with Gasteiger partial charge < -0.3 is 14.2 Å². The van der Waals surface area contributed by atoms with E-state index >= 15 is 0 Å². The summed E-state index contributed by atoms with van der Waals surface area (Å²) in [6, 6.07) is 5.56. The molecule has 0 radical (unpaired) electrons. The lowest BCUT2D eigenvalue weighted by Gasteiger charge is -2.26. The van der Waals surface area contributed by atoms with Crippen LogP contribution in [0.2, 0.25) is 0 Å². The van der Waals surface area contributed by atoms with Gasteiger partial charge in [-0.25, -0.2) is 0 Å². The third-order valence-corrected chi connectivity index (χ3v) is 3.65. The number of nitrogens with one attached hydrogen (secondary N) is 1. The fourth-order valence-corrected chi connectivity index (χ4v) is 2.73. The Labute approximate surface area is 97.7 Å². The van der Waals surface area contributed by atoms with Crippen molar-refractivity contribution in [2.75, 3.05) is 13.3 Å². The molecular formula is C12H11NO4. The third kappa shape index (κ3) is 1.14. The van der Waals surface area contributed by atoms with Gasteiger partial charge in [-0.1, -0.05) is 6.07 Å².